The molecular formula is C24H44O4. The third-order valence-corrected chi connectivity index (χ3v) is 8.23. The Balaban J connectivity index is 0.000000200. The highest BCUT2D eigenvalue weighted by Crippen LogP contribution is 2.60. The van der Waals surface area contributed by atoms with Crippen LogP contribution < -0.4 is 0 Å². The van der Waals surface area contributed by atoms with Crippen molar-refractivity contribution in [1.29, 1.82) is 0 Å². The minimum atomic E-state index is -0.855. The second-order valence-electron chi connectivity index (χ2n) is 12.4. The summed E-state index contributed by atoms with van der Waals surface area (Å²) in [6.45, 7) is 20.8. The van der Waals surface area contributed by atoms with Crippen LogP contribution in [0.15, 0.2) is 0 Å². The lowest BCUT2D eigenvalue weighted by Gasteiger charge is -2.33. The predicted octanol–water partition coefficient (Wildman–Crippen LogP) is 4.95. The second-order valence-corrected chi connectivity index (χ2v) is 12.4. The number of Topliss-reactive ketones (excluding diaryl/α,β-unsaturated/α-hetero) is 1. The van der Waals surface area contributed by atoms with Gasteiger partial charge in [0.15, 0.2) is 5.79 Å². The highest BCUT2D eigenvalue weighted by Gasteiger charge is 2.63. The third-order valence-electron chi connectivity index (χ3n) is 8.23. The van der Waals surface area contributed by atoms with Gasteiger partial charge in [0.2, 0.25) is 0 Å². The molecule has 3 fully saturated rings. The molecule has 0 aromatic carbocycles. The third kappa shape index (κ3) is 4.49. The van der Waals surface area contributed by atoms with Gasteiger partial charge in [0, 0.05) is 24.7 Å². The molecule has 5 atom stereocenters. The minimum Gasteiger partial charge on any atom is -0.390 e. The van der Waals surface area contributed by atoms with Gasteiger partial charge in [-0.15, -0.1) is 0 Å². The smallest absolute Gasteiger partial charge is 0.169 e. The average molecular weight is 397 g/mol. The summed E-state index contributed by atoms with van der Waals surface area (Å²) in [5, 5.41) is 20.2. The predicted molar refractivity (Wildman–Crippen MR) is 113 cm³/mol. The molecular weight excluding hydrogens is 352 g/mol. The van der Waals surface area contributed by atoms with Crippen LogP contribution in [0.5, 0.6) is 0 Å². The van der Waals surface area contributed by atoms with Crippen LogP contribution in [0.3, 0.4) is 0 Å². The summed E-state index contributed by atoms with van der Waals surface area (Å²) >= 11 is 0. The zero-order valence-electron chi connectivity index (χ0n) is 19.8. The number of carbonyl (C=O) groups is 1. The van der Waals surface area contributed by atoms with Gasteiger partial charge in [-0.3, -0.25) is 4.79 Å². The molecule has 28 heavy (non-hydrogen) atoms. The molecule has 0 aromatic heterocycles. The zero-order valence-corrected chi connectivity index (χ0v) is 19.8. The molecule has 2 aliphatic carbocycles. The van der Waals surface area contributed by atoms with Gasteiger partial charge in [0.05, 0.1) is 11.2 Å². The number of hydrogen-bond donors (Lipinski definition) is 2. The minimum absolute atomic E-state index is 0.0255. The number of fused-ring (bicyclic) bond motifs is 1. The quantitative estimate of drug-likeness (QED) is 0.693. The molecule has 1 heterocycles. The van der Waals surface area contributed by atoms with Crippen LogP contribution in [0.2, 0.25) is 0 Å². The normalized spacial score (nSPS) is 40.8. The van der Waals surface area contributed by atoms with E-state index in [0.29, 0.717) is 36.4 Å². The molecule has 0 radical (unpaired) electrons. The molecule has 0 amide bonds. The molecule has 2 saturated carbocycles. The SMILES string of the molecule is CC1CC(=O)C(CC(C)(C)O)C1(C)C.CC1CC2(O)OC(C)(C)CC2C1(C)C. The van der Waals surface area contributed by atoms with Gasteiger partial charge in [0.1, 0.15) is 5.78 Å². The molecule has 0 spiro atoms. The van der Waals surface area contributed by atoms with Crippen molar-refractivity contribution in [2.45, 2.75) is 112 Å². The van der Waals surface area contributed by atoms with E-state index in [-0.39, 0.29) is 22.3 Å². The van der Waals surface area contributed by atoms with E-state index in [0.717, 1.165) is 12.8 Å². The summed E-state index contributed by atoms with van der Waals surface area (Å²) in [6, 6.07) is 0. The molecule has 0 bridgehead atoms. The lowest BCUT2D eigenvalue weighted by molar-refractivity contribution is -0.226. The second kappa shape index (κ2) is 7.06. The zero-order chi connectivity index (χ0) is 21.9. The number of aliphatic hydroxyl groups is 2. The molecule has 3 rings (SSSR count). The first-order valence-corrected chi connectivity index (χ1v) is 11.0. The average Bonchev–Trinajstić information content (AvgIpc) is 2.88. The van der Waals surface area contributed by atoms with E-state index in [1.165, 1.54) is 0 Å². The van der Waals surface area contributed by atoms with Crippen LogP contribution in [-0.4, -0.2) is 33.0 Å². The number of carbonyl (C=O) groups excluding carboxylic acids is 1. The molecule has 4 heteroatoms. The van der Waals surface area contributed by atoms with Crippen molar-refractivity contribution in [2.24, 2.45) is 34.5 Å². The van der Waals surface area contributed by atoms with Crippen LogP contribution in [-0.2, 0) is 9.53 Å². The van der Waals surface area contributed by atoms with Crippen molar-refractivity contribution in [3.05, 3.63) is 0 Å². The van der Waals surface area contributed by atoms with Gasteiger partial charge >= 0.3 is 0 Å². The van der Waals surface area contributed by atoms with Crippen LogP contribution in [0.4, 0.5) is 0 Å². The van der Waals surface area contributed by atoms with E-state index in [4.69, 9.17) is 4.74 Å². The summed E-state index contributed by atoms with van der Waals surface area (Å²) in [4.78, 5) is 11.8. The van der Waals surface area contributed by atoms with E-state index in [1.54, 1.807) is 13.8 Å². The Hall–Kier alpha value is -0.450. The summed E-state index contributed by atoms with van der Waals surface area (Å²) in [6.07, 6.45) is 3.02. The highest BCUT2D eigenvalue weighted by atomic mass is 16.6. The lowest BCUT2D eigenvalue weighted by Crippen LogP contribution is -2.35. The van der Waals surface area contributed by atoms with Gasteiger partial charge in [0.25, 0.3) is 0 Å². The van der Waals surface area contributed by atoms with Crippen molar-refractivity contribution in [3.8, 4) is 0 Å². The largest absolute Gasteiger partial charge is 0.390 e. The maximum Gasteiger partial charge on any atom is 0.169 e. The van der Waals surface area contributed by atoms with Gasteiger partial charge < -0.3 is 14.9 Å². The fourth-order valence-electron chi connectivity index (χ4n) is 5.66. The molecule has 1 saturated heterocycles. The molecule has 164 valence electrons. The Morgan fingerprint density at radius 3 is 1.93 bits per heavy atom. The summed E-state index contributed by atoms with van der Waals surface area (Å²) < 4.78 is 5.82. The maximum atomic E-state index is 11.8. The first-order chi connectivity index (χ1) is 12.3. The van der Waals surface area contributed by atoms with Gasteiger partial charge in [-0.25, -0.2) is 0 Å². The standard InChI is InChI=1S/2C12H22O2/c1-8-6-12(13)9(11(8,4)5)7-10(2,3)14-12;1-8-6-10(13)9(12(8,4)5)7-11(2,3)14/h8-9,13H,6-7H2,1-5H3;8-9,14H,6-7H2,1-5H3. The van der Waals surface area contributed by atoms with Gasteiger partial charge in [-0.2, -0.15) is 0 Å². The van der Waals surface area contributed by atoms with E-state index in [2.05, 4.69) is 55.4 Å². The Morgan fingerprint density at radius 1 is 1.00 bits per heavy atom. The topological polar surface area (TPSA) is 66.8 Å². The van der Waals surface area contributed by atoms with Gasteiger partial charge in [-0.1, -0.05) is 41.5 Å². The van der Waals surface area contributed by atoms with Crippen molar-refractivity contribution < 1.29 is 19.7 Å². The Bertz CT molecular complexity index is 598. The molecule has 3 aliphatic rings. The number of ether oxygens (including phenoxy) is 1. The van der Waals surface area contributed by atoms with E-state index in [1.807, 2.05) is 0 Å². The first kappa shape index (κ1) is 23.8. The van der Waals surface area contributed by atoms with Gasteiger partial charge in [-0.05, 0) is 63.2 Å². The monoisotopic (exact) mass is 396 g/mol. The van der Waals surface area contributed by atoms with Crippen LogP contribution in [0.1, 0.15) is 94.9 Å². The number of ketones is 1. The van der Waals surface area contributed by atoms with Crippen molar-refractivity contribution in [3.63, 3.8) is 0 Å². The fraction of sp³-hybridized carbons (Fsp3) is 0.958. The Labute approximate surface area is 172 Å². The number of rotatable bonds is 2. The van der Waals surface area contributed by atoms with Crippen LogP contribution >= 0.6 is 0 Å². The molecule has 0 aromatic rings. The van der Waals surface area contributed by atoms with Crippen molar-refractivity contribution in [1.82, 2.24) is 0 Å². The summed E-state index contributed by atoms with van der Waals surface area (Å²) in [7, 11) is 0. The summed E-state index contributed by atoms with van der Waals surface area (Å²) in [5.41, 5.74) is -0.655. The molecule has 4 nitrogen and oxygen atoms in total. The Kier molecular flexibility index (Phi) is 6.01. The lowest BCUT2D eigenvalue weighted by atomic mass is 9.72. The van der Waals surface area contributed by atoms with Crippen LogP contribution in [0.25, 0.3) is 0 Å². The van der Waals surface area contributed by atoms with E-state index >= 15 is 0 Å². The van der Waals surface area contributed by atoms with Crippen molar-refractivity contribution in [2.75, 3.05) is 0 Å². The molecule has 2 N–H and O–H groups in total. The highest BCUT2D eigenvalue weighted by molar-refractivity contribution is 5.84. The first-order valence-electron chi connectivity index (χ1n) is 11.0. The Morgan fingerprint density at radius 2 is 1.54 bits per heavy atom. The van der Waals surface area contributed by atoms with E-state index < -0.39 is 11.4 Å². The van der Waals surface area contributed by atoms with Crippen molar-refractivity contribution >= 4 is 5.78 Å². The molecule has 1 aliphatic heterocycles. The maximum absolute atomic E-state index is 11.8. The fourth-order valence-corrected chi connectivity index (χ4v) is 5.66. The van der Waals surface area contributed by atoms with Crippen LogP contribution in [0, 0.1) is 34.5 Å². The molecule has 5 unspecified atom stereocenters. The summed E-state index contributed by atoms with van der Waals surface area (Å²) in [5.74, 6) is 0.755. The van der Waals surface area contributed by atoms with E-state index in [9.17, 15) is 15.0 Å². The number of hydrogen-bond acceptors (Lipinski definition) is 4.